The lowest BCUT2D eigenvalue weighted by Crippen LogP contribution is -2.14. The van der Waals surface area contributed by atoms with Crippen LogP contribution in [0.3, 0.4) is 0 Å². The molecule has 1 aromatic rings. The zero-order chi connectivity index (χ0) is 8.43. The quantitative estimate of drug-likeness (QED) is 0.529. The van der Waals surface area contributed by atoms with Crippen molar-refractivity contribution in [3.63, 3.8) is 0 Å². The molecule has 1 aromatic carbocycles. The van der Waals surface area contributed by atoms with E-state index in [1.165, 1.54) is 27.1 Å². The number of hydrogen-bond acceptors (Lipinski definition) is 1. The van der Waals surface area contributed by atoms with E-state index in [2.05, 4.69) is 4.74 Å². The van der Waals surface area contributed by atoms with Gasteiger partial charge in [0, 0.05) is 0 Å². The molecule has 0 aromatic heterocycles. The van der Waals surface area contributed by atoms with Crippen molar-refractivity contribution < 1.29 is 13.5 Å². The zero-order valence-corrected chi connectivity index (χ0v) is 6.32. The minimum atomic E-state index is -0.632. The number of rotatable bonds is 1. The summed E-state index contributed by atoms with van der Waals surface area (Å²) in [4.78, 5) is 0. The monoisotopic (exact) mass is 156 g/mol. The first-order chi connectivity index (χ1) is 5.16. The number of benzene rings is 1. The SMILES string of the molecule is Bc1c(F)ccc(OC)c1F. The molecule has 58 valence electrons. The molecule has 0 amide bonds. The lowest BCUT2D eigenvalue weighted by atomic mass is 9.94. The average Bonchev–Trinajstić information content (AvgIpc) is 2.01. The maximum absolute atomic E-state index is 12.9. The van der Waals surface area contributed by atoms with E-state index >= 15 is 0 Å². The third-order valence-electron chi connectivity index (χ3n) is 1.50. The van der Waals surface area contributed by atoms with Gasteiger partial charge in [-0.05, 0) is 17.6 Å². The van der Waals surface area contributed by atoms with Crippen molar-refractivity contribution in [1.29, 1.82) is 0 Å². The first kappa shape index (κ1) is 8.05. The van der Waals surface area contributed by atoms with Crippen molar-refractivity contribution in [2.75, 3.05) is 7.11 Å². The maximum atomic E-state index is 12.9. The number of halogens is 2. The first-order valence-corrected chi connectivity index (χ1v) is 3.15. The molecule has 0 aliphatic carbocycles. The van der Waals surface area contributed by atoms with E-state index in [-0.39, 0.29) is 11.2 Å². The average molecular weight is 156 g/mol. The molecule has 0 spiro atoms. The van der Waals surface area contributed by atoms with E-state index in [0.29, 0.717) is 0 Å². The molecule has 0 bridgehead atoms. The van der Waals surface area contributed by atoms with Crippen LogP contribution in [0.15, 0.2) is 12.1 Å². The van der Waals surface area contributed by atoms with Gasteiger partial charge in [0.15, 0.2) is 11.6 Å². The molecule has 0 atom stereocenters. The molecule has 0 aliphatic rings. The van der Waals surface area contributed by atoms with Gasteiger partial charge < -0.3 is 4.74 Å². The Balaban J connectivity index is 3.25. The summed E-state index contributed by atoms with van der Waals surface area (Å²) in [5.74, 6) is -1.11. The van der Waals surface area contributed by atoms with Gasteiger partial charge in [0.2, 0.25) is 0 Å². The van der Waals surface area contributed by atoms with Crippen LogP contribution in [0.1, 0.15) is 0 Å². The van der Waals surface area contributed by atoms with Crippen molar-refractivity contribution in [3.8, 4) is 5.75 Å². The smallest absolute Gasteiger partial charge is 0.161 e. The van der Waals surface area contributed by atoms with Crippen LogP contribution in [0.5, 0.6) is 5.75 Å². The van der Waals surface area contributed by atoms with Crippen LogP contribution in [0.4, 0.5) is 8.78 Å². The third-order valence-corrected chi connectivity index (χ3v) is 1.50. The van der Waals surface area contributed by atoms with Gasteiger partial charge in [-0.25, -0.2) is 8.78 Å². The van der Waals surface area contributed by atoms with Gasteiger partial charge >= 0.3 is 0 Å². The standard InChI is InChI=1S/C7H7BF2O/c1-11-5-3-2-4(9)6(8)7(5)10/h2-3H,8H2,1H3. The van der Waals surface area contributed by atoms with Crippen molar-refractivity contribution in [2.24, 2.45) is 0 Å². The van der Waals surface area contributed by atoms with Crippen molar-refractivity contribution in [1.82, 2.24) is 0 Å². The van der Waals surface area contributed by atoms with Crippen molar-refractivity contribution >= 4 is 13.3 Å². The Hall–Kier alpha value is -1.06. The van der Waals surface area contributed by atoms with Crippen LogP contribution in [0.2, 0.25) is 0 Å². The molecule has 0 N–H and O–H groups in total. The molecule has 0 fully saturated rings. The predicted molar refractivity (Wildman–Crippen MR) is 41.1 cm³/mol. The Morgan fingerprint density at radius 1 is 1.36 bits per heavy atom. The Morgan fingerprint density at radius 2 is 2.00 bits per heavy atom. The van der Waals surface area contributed by atoms with Crippen molar-refractivity contribution in [2.45, 2.75) is 0 Å². The largest absolute Gasteiger partial charge is 0.494 e. The molecule has 1 nitrogen and oxygen atoms in total. The first-order valence-electron chi connectivity index (χ1n) is 3.15. The van der Waals surface area contributed by atoms with E-state index < -0.39 is 11.6 Å². The fraction of sp³-hybridized carbons (Fsp3) is 0.143. The van der Waals surface area contributed by atoms with Crippen LogP contribution in [0.25, 0.3) is 0 Å². The fourth-order valence-electron chi connectivity index (χ4n) is 0.794. The molecule has 0 aliphatic heterocycles. The molecule has 0 radical (unpaired) electrons. The number of ether oxygens (including phenoxy) is 1. The topological polar surface area (TPSA) is 9.23 Å². The zero-order valence-electron chi connectivity index (χ0n) is 6.32. The minimum Gasteiger partial charge on any atom is -0.494 e. The second-order valence-corrected chi connectivity index (χ2v) is 2.19. The van der Waals surface area contributed by atoms with Gasteiger partial charge in [-0.15, -0.1) is 0 Å². The van der Waals surface area contributed by atoms with E-state index in [1.54, 1.807) is 0 Å². The molecule has 0 saturated heterocycles. The molecular formula is C7H7BF2O. The normalized spacial score (nSPS) is 9.73. The second-order valence-electron chi connectivity index (χ2n) is 2.19. The van der Waals surface area contributed by atoms with Crippen LogP contribution < -0.4 is 10.2 Å². The molecule has 0 heterocycles. The summed E-state index contributed by atoms with van der Waals surface area (Å²) < 4.78 is 30.1. The van der Waals surface area contributed by atoms with Crippen LogP contribution >= 0.6 is 0 Å². The van der Waals surface area contributed by atoms with Gasteiger partial charge in [-0.1, -0.05) is 0 Å². The van der Waals surface area contributed by atoms with E-state index in [1.807, 2.05) is 0 Å². The highest BCUT2D eigenvalue weighted by molar-refractivity contribution is 6.32. The molecule has 0 unspecified atom stereocenters. The van der Waals surface area contributed by atoms with Gasteiger partial charge in [0.05, 0.1) is 7.11 Å². The summed E-state index contributed by atoms with van der Waals surface area (Å²) in [5, 5.41) is 0. The Labute approximate surface area is 64.4 Å². The van der Waals surface area contributed by atoms with E-state index in [0.717, 1.165) is 0 Å². The van der Waals surface area contributed by atoms with Gasteiger partial charge in [-0.3, -0.25) is 0 Å². The van der Waals surface area contributed by atoms with Gasteiger partial charge in [0.1, 0.15) is 13.7 Å². The lowest BCUT2D eigenvalue weighted by Gasteiger charge is -2.03. The number of methoxy groups -OCH3 is 1. The summed E-state index contributed by atoms with van der Waals surface area (Å²) in [6, 6.07) is 2.44. The van der Waals surface area contributed by atoms with Gasteiger partial charge in [-0.2, -0.15) is 0 Å². The summed E-state index contributed by atoms with van der Waals surface area (Å²) in [6.07, 6.45) is 0. The van der Waals surface area contributed by atoms with Gasteiger partial charge in [0.25, 0.3) is 0 Å². The third kappa shape index (κ3) is 1.34. The summed E-state index contributed by atoms with van der Waals surface area (Å²) >= 11 is 0. The van der Waals surface area contributed by atoms with Crippen LogP contribution in [0, 0.1) is 11.6 Å². The molecule has 1 rings (SSSR count). The molecule has 4 heteroatoms. The molecular weight excluding hydrogens is 149 g/mol. The summed E-state index contributed by atoms with van der Waals surface area (Å²) in [6.45, 7) is 0. The predicted octanol–water partition coefficient (Wildman–Crippen LogP) is 0.232. The highest BCUT2D eigenvalue weighted by Gasteiger charge is 2.08. The Morgan fingerprint density at radius 3 is 2.55 bits per heavy atom. The maximum Gasteiger partial charge on any atom is 0.161 e. The molecule has 0 saturated carbocycles. The second kappa shape index (κ2) is 2.90. The summed E-state index contributed by atoms with van der Waals surface area (Å²) in [5.41, 5.74) is -0.00986. The minimum absolute atomic E-state index is 0.00986. The van der Waals surface area contributed by atoms with Crippen LogP contribution in [-0.4, -0.2) is 15.0 Å². The van der Waals surface area contributed by atoms with E-state index in [4.69, 9.17) is 0 Å². The highest BCUT2D eigenvalue weighted by atomic mass is 19.1. The number of hydrogen-bond donors (Lipinski definition) is 0. The Bertz CT molecular complexity index is 275. The molecule has 11 heavy (non-hydrogen) atoms. The fourth-order valence-corrected chi connectivity index (χ4v) is 0.794. The lowest BCUT2D eigenvalue weighted by molar-refractivity contribution is 0.386. The Kier molecular flexibility index (Phi) is 2.12. The van der Waals surface area contributed by atoms with E-state index in [9.17, 15) is 8.78 Å². The highest BCUT2D eigenvalue weighted by Crippen LogP contribution is 2.13. The van der Waals surface area contributed by atoms with Crippen molar-refractivity contribution in [3.05, 3.63) is 23.8 Å². The summed E-state index contributed by atoms with van der Waals surface area (Å²) in [7, 11) is 2.71. The van der Waals surface area contributed by atoms with Crippen LogP contribution in [-0.2, 0) is 0 Å².